The van der Waals surface area contributed by atoms with Gasteiger partial charge in [-0.25, -0.2) is 9.97 Å². The number of nitrogens with zero attached hydrogens (tertiary/aromatic N) is 4. The lowest BCUT2D eigenvalue weighted by molar-refractivity contribution is 0.332. The van der Waals surface area contributed by atoms with E-state index in [0.29, 0.717) is 5.95 Å². The molecule has 1 aliphatic carbocycles. The molecule has 0 saturated heterocycles. The molecule has 4 nitrogen and oxygen atoms in total. The summed E-state index contributed by atoms with van der Waals surface area (Å²) in [5.41, 5.74) is 11.8. The summed E-state index contributed by atoms with van der Waals surface area (Å²) in [5.74, 6) is 0.698. The standard InChI is InChI=1S/C56H42N4S/c1-55(2)29-30-56(3,4)43-32-46-41(31-42(43)55)49-45(28-27-44-48(49)40-26-25-34-16-9-11-21-37(34)52(40)59(44)35-18-6-5-7-19-35)60(46)54-57-50(38-23-14-17-33-15-8-10-20-36(33)38)53-51(58-54)39-22-12-13-24-47(39)61-53/h5-28,31-32H,29-30H2,1-4H3. The predicted molar refractivity (Wildman–Crippen MR) is 259 cm³/mol. The lowest BCUT2D eigenvalue weighted by Gasteiger charge is -2.42. The summed E-state index contributed by atoms with van der Waals surface area (Å²) < 4.78 is 7.21. The van der Waals surface area contributed by atoms with Crippen LogP contribution in [0.3, 0.4) is 0 Å². The molecular formula is C56H42N4S. The molecule has 0 fully saturated rings. The topological polar surface area (TPSA) is 35.6 Å². The minimum absolute atomic E-state index is 0.0143. The summed E-state index contributed by atoms with van der Waals surface area (Å²) in [7, 11) is 0. The summed E-state index contributed by atoms with van der Waals surface area (Å²) in [4.78, 5) is 11.4. The fourth-order valence-corrected chi connectivity index (χ4v) is 11.9. The van der Waals surface area contributed by atoms with Gasteiger partial charge < -0.3 is 4.57 Å². The fourth-order valence-electron chi connectivity index (χ4n) is 10.8. The highest BCUT2D eigenvalue weighted by Crippen LogP contribution is 2.51. The highest BCUT2D eigenvalue weighted by molar-refractivity contribution is 7.26. The van der Waals surface area contributed by atoms with Crippen LogP contribution in [-0.4, -0.2) is 19.1 Å². The molecule has 0 radical (unpaired) electrons. The van der Waals surface area contributed by atoms with E-state index >= 15 is 0 Å². The Balaban J connectivity index is 1.24. The molecule has 8 aromatic carbocycles. The van der Waals surface area contributed by atoms with E-state index in [1.807, 2.05) is 0 Å². The van der Waals surface area contributed by atoms with Crippen molar-refractivity contribution in [2.75, 3.05) is 0 Å². The minimum Gasteiger partial charge on any atom is -0.309 e. The normalized spacial score (nSPS) is 15.0. The molecule has 1 aliphatic rings. The van der Waals surface area contributed by atoms with Gasteiger partial charge in [0.2, 0.25) is 5.95 Å². The second-order valence-electron chi connectivity index (χ2n) is 18.4. The van der Waals surface area contributed by atoms with Crippen LogP contribution in [0.5, 0.6) is 0 Å². The molecule has 4 heterocycles. The van der Waals surface area contributed by atoms with Crippen LogP contribution in [0.15, 0.2) is 158 Å². The number of thiophene rings is 1. The highest BCUT2D eigenvalue weighted by atomic mass is 32.1. The van der Waals surface area contributed by atoms with Crippen molar-refractivity contribution < 1.29 is 0 Å². The number of rotatable bonds is 3. The van der Waals surface area contributed by atoms with Crippen LogP contribution in [0.2, 0.25) is 0 Å². The first-order valence-corrected chi connectivity index (χ1v) is 22.3. The summed E-state index contributed by atoms with van der Waals surface area (Å²) in [5, 5.41) is 11.0. The number of fused-ring (bicyclic) bond motifs is 14. The van der Waals surface area contributed by atoms with Gasteiger partial charge in [-0.2, -0.15) is 0 Å². The van der Waals surface area contributed by atoms with Crippen LogP contribution in [0.4, 0.5) is 0 Å². The minimum atomic E-state index is 0.0143. The Morgan fingerprint density at radius 3 is 1.90 bits per heavy atom. The summed E-state index contributed by atoms with van der Waals surface area (Å²) in [6, 6.07) is 58.1. The Labute approximate surface area is 357 Å². The van der Waals surface area contributed by atoms with Crippen molar-refractivity contribution >= 4 is 96.8 Å². The molecule has 0 saturated carbocycles. The lowest BCUT2D eigenvalue weighted by atomic mass is 9.63. The van der Waals surface area contributed by atoms with Crippen molar-refractivity contribution in [3.8, 4) is 22.9 Å². The molecule has 61 heavy (non-hydrogen) atoms. The van der Waals surface area contributed by atoms with E-state index in [2.05, 4.69) is 195 Å². The van der Waals surface area contributed by atoms with Gasteiger partial charge in [0.15, 0.2) is 0 Å². The zero-order chi connectivity index (χ0) is 40.8. The van der Waals surface area contributed by atoms with Crippen LogP contribution in [0, 0.1) is 0 Å². The van der Waals surface area contributed by atoms with Gasteiger partial charge in [0.05, 0.1) is 38.0 Å². The molecule has 4 aromatic heterocycles. The zero-order valence-corrected chi connectivity index (χ0v) is 35.4. The second kappa shape index (κ2) is 12.4. The Morgan fingerprint density at radius 1 is 0.492 bits per heavy atom. The molecular weight excluding hydrogens is 761 g/mol. The molecule has 12 aromatic rings. The first-order valence-electron chi connectivity index (χ1n) is 21.5. The van der Waals surface area contributed by atoms with E-state index < -0.39 is 0 Å². The second-order valence-corrected chi connectivity index (χ2v) is 19.5. The van der Waals surface area contributed by atoms with E-state index in [9.17, 15) is 0 Å². The SMILES string of the molecule is CC1(C)CCC(C)(C)c2cc3c(cc21)c1c2c4ccc5ccccc5c4n(-c4ccccc4)c2ccc1n3-c1nc(-c2cccc3ccccc23)c2sc3ccccc3c2n1. The van der Waals surface area contributed by atoms with Crippen LogP contribution in [0.25, 0.3) is 108 Å². The Kier molecular flexibility index (Phi) is 7.10. The molecule has 13 rings (SSSR count). The van der Waals surface area contributed by atoms with Crippen LogP contribution in [0.1, 0.15) is 51.7 Å². The van der Waals surface area contributed by atoms with Gasteiger partial charge in [0.25, 0.3) is 0 Å². The smallest absolute Gasteiger partial charge is 0.235 e. The average molecular weight is 803 g/mol. The maximum atomic E-state index is 5.73. The van der Waals surface area contributed by atoms with E-state index in [-0.39, 0.29) is 10.8 Å². The number of para-hydroxylation sites is 1. The average Bonchev–Trinajstić information content (AvgIpc) is 3.95. The molecule has 0 atom stereocenters. The van der Waals surface area contributed by atoms with Crippen LogP contribution in [-0.2, 0) is 10.8 Å². The van der Waals surface area contributed by atoms with Crippen molar-refractivity contribution in [2.24, 2.45) is 0 Å². The Morgan fingerprint density at radius 2 is 1.11 bits per heavy atom. The molecule has 0 N–H and O–H groups in total. The third-order valence-corrected chi connectivity index (χ3v) is 15.1. The predicted octanol–water partition coefficient (Wildman–Crippen LogP) is 15.4. The van der Waals surface area contributed by atoms with Crippen molar-refractivity contribution in [1.82, 2.24) is 19.1 Å². The maximum absolute atomic E-state index is 5.73. The largest absolute Gasteiger partial charge is 0.309 e. The molecule has 5 heteroatoms. The lowest BCUT2D eigenvalue weighted by Crippen LogP contribution is -2.33. The molecule has 0 unspecified atom stereocenters. The van der Waals surface area contributed by atoms with Crippen molar-refractivity contribution in [1.29, 1.82) is 0 Å². The van der Waals surface area contributed by atoms with Gasteiger partial charge in [0, 0.05) is 48.3 Å². The quantitative estimate of drug-likeness (QED) is 0.178. The Hall–Kier alpha value is -6.82. The van der Waals surface area contributed by atoms with Crippen molar-refractivity contribution in [2.45, 2.75) is 51.4 Å². The van der Waals surface area contributed by atoms with Gasteiger partial charge in [-0.05, 0) is 93.4 Å². The van der Waals surface area contributed by atoms with E-state index in [1.54, 1.807) is 11.3 Å². The van der Waals surface area contributed by atoms with Crippen LogP contribution < -0.4 is 0 Å². The third-order valence-electron chi connectivity index (χ3n) is 14.0. The first kappa shape index (κ1) is 35.0. The van der Waals surface area contributed by atoms with Crippen molar-refractivity contribution in [3.63, 3.8) is 0 Å². The number of hydrogen-bond donors (Lipinski definition) is 0. The van der Waals surface area contributed by atoms with Gasteiger partial charge >= 0.3 is 0 Å². The zero-order valence-electron chi connectivity index (χ0n) is 34.6. The number of hydrogen-bond acceptors (Lipinski definition) is 3. The summed E-state index contributed by atoms with van der Waals surface area (Å²) in [6.07, 6.45) is 2.28. The van der Waals surface area contributed by atoms with Gasteiger partial charge in [-0.15, -0.1) is 11.3 Å². The van der Waals surface area contributed by atoms with Gasteiger partial charge in [-0.1, -0.05) is 143 Å². The van der Waals surface area contributed by atoms with Gasteiger partial charge in [-0.3, -0.25) is 4.57 Å². The van der Waals surface area contributed by atoms with E-state index in [0.717, 1.165) is 56.4 Å². The maximum Gasteiger partial charge on any atom is 0.235 e. The monoisotopic (exact) mass is 802 g/mol. The number of benzene rings is 8. The van der Waals surface area contributed by atoms with Gasteiger partial charge in [0.1, 0.15) is 0 Å². The molecule has 0 spiro atoms. The molecule has 0 bridgehead atoms. The third kappa shape index (κ3) is 4.87. The Bertz CT molecular complexity index is 3820. The van der Waals surface area contributed by atoms with Crippen molar-refractivity contribution in [3.05, 3.63) is 169 Å². The number of aromatic nitrogens is 4. The summed E-state index contributed by atoms with van der Waals surface area (Å²) in [6.45, 7) is 9.72. The molecule has 0 aliphatic heterocycles. The van der Waals surface area contributed by atoms with Crippen LogP contribution >= 0.6 is 11.3 Å². The highest BCUT2D eigenvalue weighted by Gasteiger charge is 2.38. The molecule has 292 valence electrons. The summed E-state index contributed by atoms with van der Waals surface area (Å²) >= 11 is 1.79. The first-order chi connectivity index (χ1) is 29.7. The van der Waals surface area contributed by atoms with E-state index in [4.69, 9.17) is 9.97 Å². The molecule has 0 amide bonds. The van der Waals surface area contributed by atoms with E-state index in [1.165, 1.54) is 70.0 Å². The fraction of sp³-hybridized carbons (Fsp3) is 0.143.